The van der Waals surface area contributed by atoms with Crippen LogP contribution in [0.15, 0.2) is 53.3 Å². The number of hydrogen-bond acceptors (Lipinski definition) is 9. The second-order valence-electron chi connectivity index (χ2n) is 10.4. The molecule has 0 saturated carbocycles. The number of rotatable bonds is 6. The lowest BCUT2D eigenvalue weighted by Crippen LogP contribution is -2.44. The maximum absolute atomic E-state index is 13.5. The Bertz CT molecular complexity index is 1780. The molecule has 2 aromatic heterocycles. The van der Waals surface area contributed by atoms with Crippen LogP contribution < -0.4 is 15.4 Å². The van der Waals surface area contributed by atoms with Gasteiger partial charge in [0, 0.05) is 28.6 Å². The van der Waals surface area contributed by atoms with E-state index in [9.17, 15) is 24.6 Å². The molecule has 10 heteroatoms. The van der Waals surface area contributed by atoms with E-state index in [0.717, 1.165) is 16.5 Å². The molecule has 4 aromatic rings. The Morgan fingerprint density at radius 1 is 1.18 bits per heavy atom. The highest BCUT2D eigenvalue weighted by Crippen LogP contribution is 2.40. The highest BCUT2D eigenvalue weighted by Gasteiger charge is 2.45. The van der Waals surface area contributed by atoms with Gasteiger partial charge in [-0.3, -0.25) is 4.79 Å². The number of esters is 1. The van der Waals surface area contributed by atoms with Gasteiger partial charge in [-0.15, -0.1) is 0 Å². The van der Waals surface area contributed by atoms with Crippen molar-refractivity contribution in [3.8, 4) is 22.9 Å². The summed E-state index contributed by atoms with van der Waals surface area (Å²) in [5, 5.41) is 23.1. The summed E-state index contributed by atoms with van der Waals surface area (Å²) in [6, 6.07) is 13.4. The van der Waals surface area contributed by atoms with Gasteiger partial charge in [0.25, 0.3) is 5.56 Å². The van der Waals surface area contributed by atoms with E-state index in [4.69, 9.17) is 14.5 Å². The molecule has 40 heavy (non-hydrogen) atoms. The number of carboxylic acid groups (broad SMARTS) is 1. The van der Waals surface area contributed by atoms with E-state index in [1.165, 1.54) is 12.1 Å². The SMILES string of the molecule is CC[C@@]1(O)C(=O)OCc2c1cc1n(c2=O)Cc2cc3c(CN(C)C)c(Oc4ccc(C(=O)[O-])cc4)ccc3nc2-1. The number of cyclic esters (lactones) is 1. The molecule has 1 atom stereocenters. The van der Waals surface area contributed by atoms with Crippen molar-refractivity contribution in [2.24, 2.45) is 0 Å². The zero-order valence-corrected chi connectivity index (χ0v) is 22.2. The van der Waals surface area contributed by atoms with E-state index in [1.807, 2.05) is 37.2 Å². The summed E-state index contributed by atoms with van der Waals surface area (Å²) < 4.78 is 12.9. The molecule has 2 aliphatic heterocycles. The van der Waals surface area contributed by atoms with Crippen molar-refractivity contribution in [1.29, 1.82) is 0 Å². The summed E-state index contributed by atoms with van der Waals surface area (Å²) in [6.07, 6.45) is 0.0757. The molecule has 2 aliphatic rings. The average molecular weight is 541 g/mol. The summed E-state index contributed by atoms with van der Waals surface area (Å²) in [4.78, 5) is 43.9. The number of ether oxygens (including phenoxy) is 2. The van der Waals surface area contributed by atoms with Crippen LogP contribution in [0.3, 0.4) is 0 Å². The highest BCUT2D eigenvalue weighted by atomic mass is 16.6. The van der Waals surface area contributed by atoms with Gasteiger partial charge in [-0.25, -0.2) is 9.78 Å². The fourth-order valence-electron chi connectivity index (χ4n) is 5.45. The van der Waals surface area contributed by atoms with Crippen molar-refractivity contribution < 1.29 is 29.3 Å². The number of aromatic carboxylic acids is 1. The van der Waals surface area contributed by atoms with Gasteiger partial charge in [0.15, 0.2) is 5.60 Å². The number of fused-ring (bicyclic) bond motifs is 5. The minimum Gasteiger partial charge on any atom is -0.545 e. The van der Waals surface area contributed by atoms with Crippen LogP contribution in [0.1, 0.15) is 46.0 Å². The Kier molecular flexibility index (Phi) is 5.97. The van der Waals surface area contributed by atoms with E-state index in [0.29, 0.717) is 34.9 Å². The first-order chi connectivity index (χ1) is 19.1. The van der Waals surface area contributed by atoms with Gasteiger partial charge >= 0.3 is 5.97 Å². The van der Waals surface area contributed by atoms with Crippen molar-refractivity contribution in [2.75, 3.05) is 14.1 Å². The fourth-order valence-corrected chi connectivity index (χ4v) is 5.45. The van der Waals surface area contributed by atoms with Gasteiger partial charge in [0.2, 0.25) is 0 Å². The molecule has 0 radical (unpaired) electrons. The van der Waals surface area contributed by atoms with E-state index < -0.39 is 17.5 Å². The predicted octanol–water partition coefficient (Wildman–Crippen LogP) is 2.30. The first kappa shape index (κ1) is 25.7. The first-order valence-corrected chi connectivity index (χ1v) is 12.9. The molecular formula is C30H26N3O7-. The van der Waals surface area contributed by atoms with Crippen molar-refractivity contribution in [3.63, 3.8) is 0 Å². The Balaban J connectivity index is 1.47. The van der Waals surface area contributed by atoms with Crippen molar-refractivity contribution in [2.45, 2.75) is 38.6 Å². The summed E-state index contributed by atoms with van der Waals surface area (Å²) in [5.41, 5.74) is 1.98. The number of benzene rings is 2. The molecule has 2 aromatic carbocycles. The summed E-state index contributed by atoms with van der Waals surface area (Å²) >= 11 is 0. The summed E-state index contributed by atoms with van der Waals surface area (Å²) in [5.74, 6) is -0.948. The van der Waals surface area contributed by atoms with Crippen molar-refractivity contribution >= 4 is 22.8 Å². The monoisotopic (exact) mass is 540 g/mol. The normalized spacial score (nSPS) is 17.4. The lowest BCUT2D eigenvalue weighted by Gasteiger charge is -2.31. The Morgan fingerprint density at radius 2 is 1.93 bits per heavy atom. The van der Waals surface area contributed by atoms with E-state index in [-0.39, 0.29) is 41.8 Å². The van der Waals surface area contributed by atoms with Crippen LogP contribution in [0.25, 0.3) is 22.3 Å². The van der Waals surface area contributed by atoms with Crippen LogP contribution in [-0.2, 0) is 34.8 Å². The van der Waals surface area contributed by atoms with Gasteiger partial charge in [-0.1, -0.05) is 6.92 Å². The number of nitrogens with zero attached hydrogens (tertiary/aromatic N) is 3. The number of aromatic nitrogens is 2. The Hall–Kier alpha value is -4.54. The molecule has 0 spiro atoms. The number of carbonyl (C=O) groups excluding carboxylic acids is 2. The third-order valence-corrected chi connectivity index (χ3v) is 7.55. The average Bonchev–Trinajstić information content (AvgIpc) is 3.29. The highest BCUT2D eigenvalue weighted by molar-refractivity contribution is 5.89. The van der Waals surface area contributed by atoms with Crippen molar-refractivity contribution in [3.05, 3.63) is 86.7 Å². The number of carboxylic acids is 1. The van der Waals surface area contributed by atoms with E-state index in [1.54, 1.807) is 29.7 Å². The second kappa shape index (κ2) is 9.29. The Labute approximate surface area is 229 Å². The maximum Gasteiger partial charge on any atom is 0.343 e. The third kappa shape index (κ3) is 3.95. The van der Waals surface area contributed by atoms with Gasteiger partial charge in [-0.2, -0.15) is 0 Å². The molecule has 4 heterocycles. The zero-order valence-electron chi connectivity index (χ0n) is 22.2. The van der Waals surface area contributed by atoms with Crippen LogP contribution in [0.2, 0.25) is 0 Å². The molecule has 204 valence electrons. The number of hydrogen-bond donors (Lipinski definition) is 1. The van der Waals surface area contributed by atoms with Crippen LogP contribution in [0.5, 0.6) is 11.5 Å². The van der Waals surface area contributed by atoms with Crippen LogP contribution in [-0.4, -0.2) is 45.6 Å². The number of aliphatic hydroxyl groups is 1. The number of pyridine rings is 2. The van der Waals surface area contributed by atoms with Crippen LogP contribution in [0, 0.1) is 0 Å². The van der Waals surface area contributed by atoms with Gasteiger partial charge in [0.05, 0.1) is 35.0 Å². The summed E-state index contributed by atoms with van der Waals surface area (Å²) in [7, 11) is 3.88. The lowest BCUT2D eigenvalue weighted by molar-refractivity contribution is -0.255. The molecule has 0 amide bonds. The topological polar surface area (TPSA) is 134 Å². The lowest BCUT2D eigenvalue weighted by atomic mass is 9.86. The molecule has 0 aliphatic carbocycles. The van der Waals surface area contributed by atoms with Gasteiger partial charge in [-0.05, 0) is 74.6 Å². The fraction of sp³-hybridized carbons (Fsp3) is 0.267. The van der Waals surface area contributed by atoms with E-state index >= 15 is 0 Å². The minimum absolute atomic E-state index is 0.0592. The molecule has 6 rings (SSSR count). The van der Waals surface area contributed by atoms with Crippen LogP contribution in [0.4, 0.5) is 0 Å². The first-order valence-electron chi connectivity index (χ1n) is 12.9. The van der Waals surface area contributed by atoms with Crippen LogP contribution >= 0.6 is 0 Å². The maximum atomic E-state index is 13.5. The molecule has 10 nitrogen and oxygen atoms in total. The molecule has 0 bridgehead atoms. The molecular weight excluding hydrogens is 514 g/mol. The predicted molar refractivity (Wildman–Crippen MR) is 143 cm³/mol. The molecule has 0 fully saturated rings. The smallest absolute Gasteiger partial charge is 0.343 e. The van der Waals surface area contributed by atoms with E-state index in [2.05, 4.69) is 0 Å². The quantitative estimate of drug-likeness (QED) is 0.322. The standard InChI is InChI=1S/C30H27N3O7/c1-4-30(38)22-12-24-26-17(13-33(24)27(34)21(22)15-39-29(30)37)11-19-20(14-32(2)3)25(10-9-23(19)31-26)40-18-7-5-16(6-8-18)28(35)36/h5-12,38H,4,13-15H2,1-3H3,(H,35,36)/p-1/t30-/m0/s1. The summed E-state index contributed by atoms with van der Waals surface area (Å²) in [6.45, 7) is 2.31. The minimum atomic E-state index is -1.88. The number of carbonyl (C=O) groups is 2. The second-order valence-corrected chi connectivity index (χ2v) is 10.4. The Morgan fingerprint density at radius 3 is 2.60 bits per heavy atom. The molecule has 0 saturated heterocycles. The largest absolute Gasteiger partial charge is 0.545 e. The molecule has 1 N–H and O–H groups in total. The van der Waals surface area contributed by atoms with Gasteiger partial charge in [0.1, 0.15) is 18.1 Å². The van der Waals surface area contributed by atoms with Gasteiger partial charge < -0.3 is 33.9 Å². The van der Waals surface area contributed by atoms with Crippen molar-refractivity contribution in [1.82, 2.24) is 14.5 Å². The third-order valence-electron chi connectivity index (χ3n) is 7.55. The molecule has 0 unspecified atom stereocenters. The zero-order chi connectivity index (χ0) is 28.3.